The Kier molecular flexibility index (Phi) is 5.66. The summed E-state index contributed by atoms with van der Waals surface area (Å²) in [6.07, 6.45) is 0.922. The van der Waals surface area contributed by atoms with E-state index in [9.17, 15) is 9.59 Å². The van der Waals surface area contributed by atoms with Crippen molar-refractivity contribution >= 4 is 23.2 Å². The van der Waals surface area contributed by atoms with E-state index < -0.39 is 0 Å². The number of carbonyl (C=O) groups excluding carboxylic acids is 2. The van der Waals surface area contributed by atoms with Crippen LogP contribution < -0.4 is 20.1 Å². The summed E-state index contributed by atoms with van der Waals surface area (Å²) in [5, 5.41) is 5.85. The number of anilines is 2. The van der Waals surface area contributed by atoms with E-state index in [1.165, 1.54) is 0 Å². The largest absolute Gasteiger partial charge is 0.454 e. The van der Waals surface area contributed by atoms with Crippen LogP contribution in [0.15, 0.2) is 66.7 Å². The van der Waals surface area contributed by atoms with Crippen LogP contribution in [0.2, 0.25) is 0 Å². The van der Waals surface area contributed by atoms with Crippen LogP contribution in [0.4, 0.5) is 11.4 Å². The maximum atomic E-state index is 12.5. The zero-order valence-corrected chi connectivity index (χ0v) is 16.6. The summed E-state index contributed by atoms with van der Waals surface area (Å²) < 4.78 is 10.7. The number of aryl methyl sites for hydroxylation is 1. The summed E-state index contributed by atoms with van der Waals surface area (Å²) in [5.41, 5.74) is 3.73. The van der Waals surface area contributed by atoms with E-state index >= 15 is 0 Å². The van der Waals surface area contributed by atoms with E-state index in [1.54, 1.807) is 18.2 Å². The molecule has 4 rings (SSSR count). The van der Waals surface area contributed by atoms with Gasteiger partial charge < -0.3 is 20.1 Å². The van der Waals surface area contributed by atoms with Crippen molar-refractivity contribution in [3.63, 3.8) is 0 Å². The molecule has 0 fully saturated rings. The summed E-state index contributed by atoms with van der Waals surface area (Å²) in [5.74, 6) is 1.16. The molecule has 2 amide bonds. The van der Waals surface area contributed by atoms with Crippen LogP contribution in [0.3, 0.4) is 0 Å². The van der Waals surface area contributed by atoms with Crippen molar-refractivity contribution in [1.82, 2.24) is 0 Å². The van der Waals surface area contributed by atoms with E-state index in [1.807, 2.05) is 55.5 Å². The van der Waals surface area contributed by atoms with Gasteiger partial charge >= 0.3 is 0 Å². The molecule has 0 bridgehead atoms. The number of fused-ring (bicyclic) bond motifs is 1. The average Bonchev–Trinajstić information content (AvgIpc) is 3.23. The van der Waals surface area contributed by atoms with E-state index in [2.05, 4.69) is 10.6 Å². The van der Waals surface area contributed by atoms with Crippen LogP contribution in [-0.4, -0.2) is 18.6 Å². The third-order valence-corrected chi connectivity index (χ3v) is 4.97. The van der Waals surface area contributed by atoms with Crippen LogP contribution >= 0.6 is 0 Å². The minimum absolute atomic E-state index is 0.0951. The average molecular weight is 402 g/mol. The molecule has 3 aromatic carbocycles. The van der Waals surface area contributed by atoms with Crippen molar-refractivity contribution in [1.29, 1.82) is 0 Å². The quantitative estimate of drug-likeness (QED) is 0.634. The molecular formula is C24H22N2O4. The lowest BCUT2D eigenvalue weighted by Crippen LogP contribution is -2.16. The van der Waals surface area contributed by atoms with Gasteiger partial charge in [-0.25, -0.2) is 0 Å². The summed E-state index contributed by atoms with van der Waals surface area (Å²) in [4.78, 5) is 24.9. The van der Waals surface area contributed by atoms with Crippen LogP contribution in [0.1, 0.15) is 27.9 Å². The smallest absolute Gasteiger partial charge is 0.255 e. The standard InChI is InChI=1S/C24H22N2O4/c1-16-19(8-5-9-20(16)26-24(28)18-6-3-2-4-7-18)25-23(27)13-11-17-10-12-21-22(14-17)30-15-29-21/h2-10,12,14H,11,13,15H2,1H3,(H,25,27)(H,26,28). The van der Waals surface area contributed by atoms with Crippen molar-refractivity contribution in [2.45, 2.75) is 19.8 Å². The number of nitrogens with one attached hydrogen (secondary N) is 2. The maximum Gasteiger partial charge on any atom is 0.255 e. The van der Waals surface area contributed by atoms with Crippen LogP contribution in [0.5, 0.6) is 11.5 Å². The highest BCUT2D eigenvalue weighted by atomic mass is 16.7. The summed E-state index contributed by atoms with van der Waals surface area (Å²) >= 11 is 0. The van der Waals surface area contributed by atoms with Crippen molar-refractivity contribution in [2.24, 2.45) is 0 Å². The minimum Gasteiger partial charge on any atom is -0.454 e. The molecule has 0 atom stereocenters. The molecule has 0 saturated heterocycles. The SMILES string of the molecule is Cc1c(NC(=O)CCc2ccc3c(c2)OCO3)cccc1NC(=O)c1ccccc1. The van der Waals surface area contributed by atoms with E-state index in [4.69, 9.17) is 9.47 Å². The number of ether oxygens (including phenoxy) is 2. The van der Waals surface area contributed by atoms with Crippen LogP contribution in [-0.2, 0) is 11.2 Å². The van der Waals surface area contributed by atoms with Gasteiger partial charge in [0.1, 0.15) is 0 Å². The third kappa shape index (κ3) is 4.43. The van der Waals surface area contributed by atoms with Gasteiger partial charge in [-0.15, -0.1) is 0 Å². The van der Waals surface area contributed by atoms with Gasteiger partial charge in [-0.1, -0.05) is 30.3 Å². The highest BCUT2D eigenvalue weighted by Crippen LogP contribution is 2.32. The molecule has 3 aromatic rings. The lowest BCUT2D eigenvalue weighted by atomic mass is 10.1. The first-order valence-corrected chi connectivity index (χ1v) is 9.74. The Bertz CT molecular complexity index is 1080. The van der Waals surface area contributed by atoms with E-state index in [-0.39, 0.29) is 18.6 Å². The normalized spacial score (nSPS) is 11.8. The Labute approximate surface area is 174 Å². The van der Waals surface area contributed by atoms with Gasteiger partial charge in [0.15, 0.2) is 11.5 Å². The third-order valence-electron chi connectivity index (χ3n) is 4.97. The fraction of sp³-hybridized carbons (Fsp3) is 0.167. The van der Waals surface area contributed by atoms with Gasteiger partial charge in [0, 0.05) is 23.4 Å². The van der Waals surface area contributed by atoms with Gasteiger partial charge in [-0.3, -0.25) is 9.59 Å². The molecule has 0 spiro atoms. The molecule has 30 heavy (non-hydrogen) atoms. The number of carbonyl (C=O) groups is 2. The monoisotopic (exact) mass is 402 g/mol. The second-order valence-electron chi connectivity index (χ2n) is 7.03. The van der Waals surface area contributed by atoms with Crippen molar-refractivity contribution < 1.29 is 19.1 Å². The van der Waals surface area contributed by atoms with Gasteiger partial charge in [-0.2, -0.15) is 0 Å². The minimum atomic E-state index is -0.190. The fourth-order valence-corrected chi connectivity index (χ4v) is 3.26. The van der Waals surface area contributed by atoms with E-state index in [0.29, 0.717) is 35.5 Å². The first-order chi connectivity index (χ1) is 14.6. The number of benzene rings is 3. The topological polar surface area (TPSA) is 76.7 Å². The van der Waals surface area contributed by atoms with Gasteiger partial charge in [0.05, 0.1) is 0 Å². The molecule has 1 aliphatic heterocycles. The molecule has 0 aliphatic carbocycles. The maximum absolute atomic E-state index is 12.5. The summed E-state index contributed by atoms with van der Waals surface area (Å²) in [6.45, 7) is 2.10. The van der Waals surface area contributed by atoms with Gasteiger partial charge in [-0.05, 0) is 60.9 Å². The van der Waals surface area contributed by atoms with Crippen molar-refractivity contribution in [3.8, 4) is 11.5 Å². The molecule has 152 valence electrons. The molecule has 0 saturated carbocycles. The molecular weight excluding hydrogens is 380 g/mol. The van der Waals surface area contributed by atoms with Crippen LogP contribution in [0, 0.1) is 6.92 Å². The molecule has 6 heteroatoms. The van der Waals surface area contributed by atoms with Gasteiger partial charge in [0.2, 0.25) is 12.7 Å². The summed E-state index contributed by atoms with van der Waals surface area (Å²) in [7, 11) is 0. The molecule has 6 nitrogen and oxygen atoms in total. The second-order valence-corrected chi connectivity index (χ2v) is 7.03. The van der Waals surface area contributed by atoms with Gasteiger partial charge in [0.25, 0.3) is 5.91 Å². The Morgan fingerprint density at radius 3 is 2.40 bits per heavy atom. The van der Waals surface area contributed by atoms with Crippen molar-refractivity contribution in [3.05, 3.63) is 83.4 Å². The summed E-state index contributed by atoms with van der Waals surface area (Å²) in [6, 6.07) is 20.2. The zero-order chi connectivity index (χ0) is 20.9. The molecule has 1 aliphatic rings. The predicted molar refractivity (Wildman–Crippen MR) is 115 cm³/mol. The first-order valence-electron chi connectivity index (χ1n) is 9.74. The fourth-order valence-electron chi connectivity index (χ4n) is 3.26. The number of rotatable bonds is 6. The number of hydrogen-bond acceptors (Lipinski definition) is 4. The first kappa shape index (κ1) is 19.5. The molecule has 2 N–H and O–H groups in total. The van der Waals surface area contributed by atoms with E-state index in [0.717, 1.165) is 16.9 Å². The number of amides is 2. The lowest BCUT2D eigenvalue weighted by molar-refractivity contribution is -0.116. The Balaban J connectivity index is 1.37. The number of hydrogen-bond donors (Lipinski definition) is 2. The molecule has 1 heterocycles. The predicted octanol–water partition coefficient (Wildman–Crippen LogP) is 4.55. The lowest BCUT2D eigenvalue weighted by Gasteiger charge is -2.14. The molecule has 0 radical (unpaired) electrons. The molecule has 0 aromatic heterocycles. The van der Waals surface area contributed by atoms with Crippen LogP contribution in [0.25, 0.3) is 0 Å². The Hall–Kier alpha value is -3.80. The second kappa shape index (κ2) is 8.69. The highest BCUT2D eigenvalue weighted by Gasteiger charge is 2.14. The highest BCUT2D eigenvalue weighted by molar-refractivity contribution is 6.05. The zero-order valence-electron chi connectivity index (χ0n) is 16.6. The molecule has 0 unspecified atom stereocenters. The Morgan fingerprint density at radius 2 is 1.60 bits per heavy atom. The Morgan fingerprint density at radius 1 is 0.867 bits per heavy atom. The van der Waals surface area contributed by atoms with Crippen molar-refractivity contribution in [2.75, 3.05) is 17.4 Å².